The molecule has 0 bridgehead atoms. The van der Waals surface area contributed by atoms with Gasteiger partial charge in [0.15, 0.2) is 0 Å². The van der Waals surface area contributed by atoms with Crippen LogP contribution in [0, 0.1) is 0 Å². The van der Waals surface area contributed by atoms with Crippen molar-refractivity contribution in [3.05, 3.63) is 34.3 Å². The Kier molecular flexibility index (Phi) is 4.71. The van der Waals surface area contributed by atoms with Crippen molar-refractivity contribution in [3.8, 4) is 0 Å². The van der Waals surface area contributed by atoms with Crippen molar-refractivity contribution in [1.29, 1.82) is 0 Å². The molecule has 0 radical (unpaired) electrons. The standard InChI is InChI=1S/C13H19BrN2O/c1-13(2,15)12(17)16(3)9-8-10-4-6-11(14)7-5-10/h4-7H,8-9,15H2,1-3H3. The van der Waals surface area contributed by atoms with E-state index in [1.165, 1.54) is 5.56 Å². The Morgan fingerprint density at radius 3 is 2.35 bits per heavy atom. The van der Waals surface area contributed by atoms with Crippen LogP contribution in [0.15, 0.2) is 28.7 Å². The third-order valence-corrected chi connectivity index (χ3v) is 3.08. The van der Waals surface area contributed by atoms with Crippen molar-refractivity contribution in [2.75, 3.05) is 13.6 Å². The van der Waals surface area contributed by atoms with Gasteiger partial charge in [0.05, 0.1) is 5.54 Å². The first-order chi connectivity index (χ1) is 7.80. The lowest BCUT2D eigenvalue weighted by Crippen LogP contribution is -2.50. The second-order valence-corrected chi connectivity index (χ2v) is 5.74. The Morgan fingerprint density at radius 1 is 1.35 bits per heavy atom. The van der Waals surface area contributed by atoms with Crippen molar-refractivity contribution in [2.45, 2.75) is 25.8 Å². The highest BCUT2D eigenvalue weighted by atomic mass is 79.9. The fourth-order valence-electron chi connectivity index (χ4n) is 1.54. The Labute approximate surface area is 111 Å². The van der Waals surface area contributed by atoms with Crippen LogP contribution < -0.4 is 5.73 Å². The lowest BCUT2D eigenvalue weighted by molar-refractivity contribution is -0.134. The lowest BCUT2D eigenvalue weighted by atomic mass is 10.1. The quantitative estimate of drug-likeness (QED) is 0.926. The average Bonchev–Trinajstić information content (AvgIpc) is 2.25. The topological polar surface area (TPSA) is 46.3 Å². The SMILES string of the molecule is CN(CCc1ccc(Br)cc1)C(=O)C(C)(C)N. The summed E-state index contributed by atoms with van der Waals surface area (Å²) >= 11 is 3.39. The zero-order valence-electron chi connectivity index (χ0n) is 10.5. The Hall–Kier alpha value is -0.870. The van der Waals surface area contributed by atoms with Crippen molar-refractivity contribution in [2.24, 2.45) is 5.73 Å². The van der Waals surface area contributed by atoms with Gasteiger partial charge in [-0.25, -0.2) is 0 Å². The van der Waals surface area contributed by atoms with E-state index >= 15 is 0 Å². The van der Waals surface area contributed by atoms with E-state index in [0.717, 1.165) is 10.9 Å². The second kappa shape index (κ2) is 5.65. The van der Waals surface area contributed by atoms with E-state index in [2.05, 4.69) is 28.1 Å². The minimum atomic E-state index is -0.797. The number of likely N-dealkylation sites (N-methyl/N-ethyl adjacent to an activating group) is 1. The third-order valence-electron chi connectivity index (χ3n) is 2.55. The van der Waals surface area contributed by atoms with E-state index in [1.807, 2.05) is 12.1 Å². The fourth-order valence-corrected chi connectivity index (χ4v) is 1.81. The normalized spacial score (nSPS) is 11.4. The molecule has 0 fully saturated rings. The first kappa shape index (κ1) is 14.2. The molecule has 0 aliphatic heterocycles. The molecule has 0 saturated heterocycles. The first-order valence-corrected chi connectivity index (χ1v) is 6.39. The van der Waals surface area contributed by atoms with Gasteiger partial charge in [0.25, 0.3) is 0 Å². The van der Waals surface area contributed by atoms with Crippen molar-refractivity contribution in [1.82, 2.24) is 4.90 Å². The summed E-state index contributed by atoms with van der Waals surface area (Å²) in [5.74, 6) is -0.0328. The molecule has 0 aromatic heterocycles. The summed E-state index contributed by atoms with van der Waals surface area (Å²) in [7, 11) is 1.79. The molecule has 0 heterocycles. The summed E-state index contributed by atoms with van der Waals surface area (Å²) in [6.45, 7) is 4.14. The van der Waals surface area contributed by atoms with E-state index in [9.17, 15) is 4.79 Å². The summed E-state index contributed by atoms with van der Waals surface area (Å²) in [5, 5.41) is 0. The highest BCUT2D eigenvalue weighted by Crippen LogP contribution is 2.11. The van der Waals surface area contributed by atoms with Gasteiger partial charge in [0, 0.05) is 18.1 Å². The number of halogens is 1. The van der Waals surface area contributed by atoms with Crippen LogP contribution in [0.1, 0.15) is 19.4 Å². The predicted octanol–water partition coefficient (Wildman–Crippen LogP) is 2.19. The number of rotatable bonds is 4. The molecule has 1 amide bonds. The molecule has 94 valence electrons. The molecular formula is C13H19BrN2O. The lowest BCUT2D eigenvalue weighted by Gasteiger charge is -2.25. The summed E-state index contributed by atoms with van der Waals surface area (Å²) in [6, 6.07) is 8.11. The number of benzene rings is 1. The van der Waals surface area contributed by atoms with Gasteiger partial charge in [-0.2, -0.15) is 0 Å². The molecule has 17 heavy (non-hydrogen) atoms. The van der Waals surface area contributed by atoms with Crippen molar-refractivity contribution < 1.29 is 4.79 Å². The van der Waals surface area contributed by atoms with E-state index in [4.69, 9.17) is 5.73 Å². The van der Waals surface area contributed by atoms with Crippen LogP contribution in [0.5, 0.6) is 0 Å². The molecule has 0 atom stereocenters. The van der Waals surface area contributed by atoms with Gasteiger partial charge in [0.2, 0.25) is 5.91 Å². The van der Waals surface area contributed by atoms with Gasteiger partial charge in [-0.15, -0.1) is 0 Å². The van der Waals surface area contributed by atoms with Gasteiger partial charge < -0.3 is 10.6 Å². The molecule has 0 saturated carbocycles. The van der Waals surface area contributed by atoms with Gasteiger partial charge >= 0.3 is 0 Å². The summed E-state index contributed by atoms with van der Waals surface area (Å²) < 4.78 is 1.06. The van der Waals surface area contributed by atoms with E-state index in [-0.39, 0.29) is 5.91 Å². The third kappa shape index (κ3) is 4.48. The highest BCUT2D eigenvalue weighted by Gasteiger charge is 2.25. The highest BCUT2D eigenvalue weighted by molar-refractivity contribution is 9.10. The molecule has 0 aliphatic rings. The minimum absolute atomic E-state index is 0.0328. The van der Waals surface area contributed by atoms with E-state index < -0.39 is 5.54 Å². The molecule has 0 aliphatic carbocycles. The second-order valence-electron chi connectivity index (χ2n) is 4.82. The number of nitrogens with two attached hydrogens (primary N) is 1. The molecule has 1 aromatic rings. The summed E-state index contributed by atoms with van der Waals surface area (Å²) in [5.41, 5.74) is 6.18. The molecule has 1 rings (SSSR count). The number of hydrogen-bond donors (Lipinski definition) is 1. The maximum atomic E-state index is 11.8. The van der Waals surface area contributed by atoms with Crippen LogP contribution >= 0.6 is 15.9 Å². The molecule has 3 nitrogen and oxygen atoms in total. The monoisotopic (exact) mass is 298 g/mol. The number of carbonyl (C=O) groups is 1. The number of carbonyl (C=O) groups excluding carboxylic acids is 1. The van der Waals surface area contributed by atoms with Gasteiger partial charge in [-0.3, -0.25) is 4.79 Å². The van der Waals surface area contributed by atoms with Gasteiger partial charge in [-0.05, 0) is 38.0 Å². The Balaban J connectivity index is 2.51. The zero-order valence-corrected chi connectivity index (χ0v) is 12.1. The maximum absolute atomic E-state index is 11.8. The molecule has 0 unspecified atom stereocenters. The van der Waals surface area contributed by atoms with Crippen LogP contribution in [0.25, 0.3) is 0 Å². The molecule has 0 spiro atoms. The van der Waals surface area contributed by atoms with Crippen LogP contribution in [-0.2, 0) is 11.2 Å². The van der Waals surface area contributed by atoms with Crippen molar-refractivity contribution >= 4 is 21.8 Å². The van der Waals surface area contributed by atoms with E-state index in [1.54, 1.807) is 25.8 Å². The molecule has 1 aromatic carbocycles. The van der Waals surface area contributed by atoms with Crippen molar-refractivity contribution in [3.63, 3.8) is 0 Å². The fraction of sp³-hybridized carbons (Fsp3) is 0.462. The largest absolute Gasteiger partial charge is 0.344 e. The zero-order chi connectivity index (χ0) is 13.1. The Bertz CT molecular complexity index is 381. The molecular weight excluding hydrogens is 280 g/mol. The van der Waals surface area contributed by atoms with Crippen LogP contribution in [0.2, 0.25) is 0 Å². The number of hydrogen-bond acceptors (Lipinski definition) is 2. The van der Waals surface area contributed by atoms with E-state index in [0.29, 0.717) is 6.54 Å². The predicted molar refractivity (Wildman–Crippen MR) is 73.7 cm³/mol. The molecule has 2 N–H and O–H groups in total. The van der Waals surface area contributed by atoms with Crippen LogP contribution in [-0.4, -0.2) is 29.9 Å². The summed E-state index contributed by atoms with van der Waals surface area (Å²) in [6.07, 6.45) is 0.839. The van der Waals surface area contributed by atoms with Crippen LogP contribution in [0.4, 0.5) is 0 Å². The number of nitrogens with zero attached hydrogens (tertiary/aromatic N) is 1. The summed E-state index contributed by atoms with van der Waals surface area (Å²) in [4.78, 5) is 13.5. The maximum Gasteiger partial charge on any atom is 0.241 e. The first-order valence-electron chi connectivity index (χ1n) is 5.59. The minimum Gasteiger partial charge on any atom is -0.344 e. The van der Waals surface area contributed by atoms with Crippen LogP contribution in [0.3, 0.4) is 0 Å². The number of amides is 1. The van der Waals surface area contributed by atoms with Gasteiger partial charge in [-0.1, -0.05) is 28.1 Å². The molecule has 4 heteroatoms. The Morgan fingerprint density at radius 2 is 1.88 bits per heavy atom. The smallest absolute Gasteiger partial charge is 0.241 e. The average molecular weight is 299 g/mol. The van der Waals surface area contributed by atoms with Gasteiger partial charge in [0.1, 0.15) is 0 Å².